The second-order valence-electron chi connectivity index (χ2n) is 5.27. The maximum absolute atomic E-state index is 12.3. The van der Waals surface area contributed by atoms with E-state index in [0.29, 0.717) is 11.3 Å². The van der Waals surface area contributed by atoms with E-state index in [0.717, 1.165) is 30.2 Å². The van der Waals surface area contributed by atoms with Crippen LogP contribution in [0.25, 0.3) is 0 Å². The van der Waals surface area contributed by atoms with E-state index in [1.807, 2.05) is 0 Å². The summed E-state index contributed by atoms with van der Waals surface area (Å²) in [4.78, 5) is 23.5. The van der Waals surface area contributed by atoms with Crippen molar-refractivity contribution in [3.8, 4) is 5.75 Å². The van der Waals surface area contributed by atoms with Gasteiger partial charge in [0, 0.05) is 16.4 Å². The standard InChI is InChI=1S/C15H19BrN2O3/c1-21-13-8-10(16)4-7-12(13)15(20)18-11-5-2-9(3-6-11)14(17)19/h4,7-9,11H,2-3,5-6H2,1H3,(H2,17,19)(H,18,20). The van der Waals surface area contributed by atoms with Crippen LogP contribution in [0.4, 0.5) is 0 Å². The van der Waals surface area contributed by atoms with Gasteiger partial charge in [-0.15, -0.1) is 0 Å². The third-order valence-corrected chi connectivity index (χ3v) is 4.37. The molecule has 0 atom stereocenters. The number of hydrogen-bond acceptors (Lipinski definition) is 3. The average Bonchev–Trinajstić information content (AvgIpc) is 2.47. The third-order valence-electron chi connectivity index (χ3n) is 3.87. The van der Waals surface area contributed by atoms with Crippen molar-refractivity contribution in [1.29, 1.82) is 0 Å². The summed E-state index contributed by atoms with van der Waals surface area (Å²) >= 11 is 3.35. The van der Waals surface area contributed by atoms with Gasteiger partial charge in [0.25, 0.3) is 5.91 Å². The first-order valence-electron chi connectivity index (χ1n) is 6.95. The molecule has 0 radical (unpaired) electrons. The third kappa shape index (κ3) is 3.97. The Labute approximate surface area is 132 Å². The lowest BCUT2D eigenvalue weighted by molar-refractivity contribution is -0.122. The molecule has 114 valence electrons. The Kier molecular flexibility index (Phi) is 5.22. The Hall–Kier alpha value is -1.56. The normalized spacial score (nSPS) is 21.6. The fourth-order valence-electron chi connectivity index (χ4n) is 2.64. The van der Waals surface area contributed by atoms with Crippen LogP contribution in [0.5, 0.6) is 5.75 Å². The molecule has 0 saturated heterocycles. The number of halogens is 1. The lowest BCUT2D eigenvalue weighted by Crippen LogP contribution is -2.39. The van der Waals surface area contributed by atoms with Gasteiger partial charge in [0.05, 0.1) is 12.7 Å². The van der Waals surface area contributed by atoms with E-state index in [9.17, 15) is 9.59 Å². The number of amides is 2. The highest BCUT2D eigenvalue weighted by Crippen LogP contribution is 2.26. The molecule has 1 aromatic rings. The minimum atomic E-state index is -0.241. The van der Waals surface area contributed by atoms with Gasteiger partial charge in [-0.3, -0.25) is 9.59 Å². The number of rotatable bonds is 4. The van der Waals surface area contributed by atoms with Crippen molar-refractivity contribution >= 4 is 27.7 Å². The van der Waals surface area contributed by atoms with E-state index in [-0.39, 0.29) is 23.8 Å². The predicted molar refractivity (Wildman–Crippen MR) is 83.1 cm³/mol. The van der Waals surface area contributed by atoms with Crippen LogP contribution in [0.1, 0.15) is 36.0 Å². The van der Waals surface area contributed by atoms with Crippen molar-refractivity contribution in [2.24, 2.45) is 11.7 Å². The molecule has 5 nitrogen and oxygen atoms in total. The molecule has 3 N–H and O–H groups in total. The molecule has 1 aliphatic carbocycles. The molecule has 21 heavy (non-hydrogen) atoms. The SMILES string of the molecule is COc1cc(Br)ccc1C(=O)NC1CCC(C(N)=O)CC1. The molecule has 6 heteroatoms. The highest BCUT2D eigenvalue weighted by molar-refractivity contribution is 9.10. The first-order valence-corrected chi connectivity index (χ1v) is 7.74. The summed E-state index contributed by atoms with van der Waals surface area (Å²) < 4.78 is 6.09. The van der Waals surface area contributed by atoms with Gasteiger partial charge in [0.1, 0.15) is 5.75 Å². The van der Waals surface area contributed by atoms with Gasteiger partial charge in [0.2, 0.25) is 5.91 Å². The van der Waals surface area contributed by atoms with Crippen LogP contribution in [-0.2, 0) is 4.79 Å². The summed E-state index contributed by atoms with van der Waals surface area (Å²) in [6.45, 7) is 0. The fourth-order valence-corrected chi connectivity index (χ4v) is 2.98. The molecular formula is C15H19BrN2O3. The lowest BCUT2D eigenvalue weighted by Gasteiger charge is -2.27. The summed E-state index contributed by atoms with van der Waals surface area (Å²) in [6.07, 6.45) is 3.02. The van der Waals surface area contributed by atoms with Gasteiger partial charge in [-0.2, -0.15) is 0 Å². The molecule has 1 aliphatic rings. The Morgan fingerprint density at radius 2 is 1.95 bits per heavy atom. The van der Waals surface area contributed by atoms with Crippen LogP contribution in [0.15, 0.2) is 22.7 Å². The number of nitrogens with one attached hydrogen (secondary N) is 1. The lowest BCUT2D eigenvalue weighted by atomic mass is 9.85. The van der Waals surface area contributed by atoms with E-state index in [4.69, 9.17) is 10.5 Å². The number of carbonyl (C=O) groups is 2. The molecule has 1 aromatic carbocycles. The van der Waals surface area contributed by atoms with E-state index >= 15 is 0 Å². The van der Waals surface area contributed by atoms with Gasteiger partial charge in [0.15, 0.2) is 0 Å². The second kappa shape index (κ2) is 6.93. The van der Waals surface area contributed by atoms with Crippen molar-refractivity contribution in [2.45, 2.75) is 31.7 Å². The van der Waals surface area contributed by atoms with E-state index < -0.39 is 0 Å². The van der Waals surface area contributed by atoms with E-state index in [1.54, 1.807) is 18.2 Å². The number of hydrogen-bond donors (Lipinski definition) is 2. The quantitative estimate of drug-likeness (QED) is 0.869. The Bertz CT molecular complexity index is 540. The molecule has 1 fully saturated rings. The minimum absolute atomic E-state index is 0.0552. The molecule has 0 aromatic heterocycles. The molecule has 0 aliphatic heterocycles. The first kappa shape index (κ1) is 15.8. The molecule has 1 saturated carbocycles. The molecule has 0 bridgehead atoms. The maximum Gasteiger partial charge on any atom is 0.255 e. The van der Waals surface area contributed by atoms with Gasteiger partial charge >= 0.3 is 0 Å². The van der Waals surface area contributed by atoms with Crippen LogP contribution < -0.4 is 15.8 Å². The Balaban J connectivity index is 1.98. The topological polar surface area (TPSA) is 81.4 Å². The number of methoxy groups -OCH3 is 1. The molecule has 2 amide bonds. The summed E-state index contributed by atoms with van der Waals surface area (Å²) in [6, 6.07) is 5.38. The Morgan fingerprint density at radius 3 is 2.52 bits per heavy atom. The molecule has 0 unspecified atom stereocenters. The number of carbonyl (C=O) groups excluding carboxylic acids is 2. The minimum Gasteiger partial charge on any atom is -0.496 e. The van der Waals surface area contributed by atoms with E-state index in [2.05, 4.69) is 21.2 Å². The molecule has 0 heterocycles. The van der Waals surface area contributed by atoms with Crippen LogP contribution in [-0.4, -0.2) is 25.0 Å². The second-order valence-corrected chi connectivity index (χ2v) is 6.18. The smallest absolute Gasteiger partial charge is 0.255 e. The Morgan fingerprint density at radius 1 is 1.29 bits per heavy atom. The van der Waals surface area contributed by atoms with Crippen molar-refractivity contribution in [2.75, 3.05) is 7.11 Å². The molecule has 0 spiro atoms. The van der Waals surface area contributed by atoms with Gasteiger partial charge in [-0.05, 0) is 43.9 Å². The van der Waals surface area contributed by atoms with Crippen LogP contribution in [0, 0.1) is 5.92 Å². The summed E-state index contributed by atoms with van der Waals surface area (Å²) in [5, 5.41) is 3.00. The molecular weight excluding hydrogens is 336 g/mol. The highest BCUT2D eigenvalue weighted by Gasteiger charge is 2.26. The molecule has 2 rings (SSSR count). The van der Waals surface area contributed by atoms with Crippen molar-refractivity contribution < 1.29 is 14.3 Å². The predicted octanol–water partition coefficient (Wildman–Crippen LogP) is 2.23. The monoisotopic (exact) mass is 354 g/mol. The fraction of sp³-hybridized carbons (Fsp3) is 0.467. The number of ether oxygens (including phenoxy) is 1. The van der Waals surface area contributed by atoms with E-state index in [1.165, 1.54) is 7.11 Å². The van der Waals surface area contributed by atoms with Crippen LogP contribution >= 0.6 is 15.9 Å². The zero-order valence-corrected chi connectivity index (χ0v) is 13.5. The van der Waals surface area contributed by atoms with Gasteiger partial charge in [-0.25, -0.2) is 0 Å². The summed E-state index contributed by atoms with van der Waals surface area (Å²) in [5.41, 5.74) is 5.82. The first-order chi connectivity index (χ1) is 10.0. The van der Waals surface area contributed by atoms with Gasteiger partial charge in [-0.1, -0.05) is 15.9 Å². The van der Waals surface area contributed by atoms with Crippen LogP contribution in [0.2, 0.25) is 0 Å². The number of primary amides is 1. The van der Waals surface area contributed by atoms with Crippen molar-refractivity contribution in [3.05, 3.63) is 28.2 Å². The zero-order chi connectivity index (χ0) is 15.4. The largest absolute Gasteiger partial charge is 0.496 e. The van der Waals surface area contributed by atoms with Crippen molar-refractivity contribution in [1.82, 2.24) is 5.32 Å². The number of benzene rings is 1. The number of nitrogens with two attached hydrogens (primary N) is 1. The zero-order valence-electron chi connectivity index (χ0n) is 11.9. The summed E-state index contributed by atoms with van der Waals surface area (Å²) in [5.74, 6) is 0.0873. The van der Waals surface area contributed by atoms with Gasteiger partial charge < -0.3 is 15.8 Å². The van der Waals surface area contributed by atoms with Crippen LogP contribution in [0.3, 0.4) is 0 Å². The van der Waals surface area contributed by atoms with Crippen molar-refractivity contribution in [3.63, 3.8) is 0 Å². The highest BCUT2D eigenvalue weighted by atomic mass is 79.9. The summed E-state index contributed by atoms with van der Waals surface area (Å²) in [7, 11) is 1.54. The average molecular weight is 355 g/mol. The maximum atomic E-state index is 12.3.